The fourth-order valence-corrected chi connectivity index (χ4v) is 2.84. The lowest BCUT2D eigenvalue weighted by atomic mass is 10.2. The number of nitrogens with zero attached hydrogens (tertiary/aromatic N) is 2. The lowest BCUT2D eigenvalue weighted by Gasteiger charge is -2.18. The third-order valence-electron chi connectivity index (χ3n) is 4.20. The van der Waals surface area contributed by atoms with Crippen LogP contribution in [-0.2, 0) is 19.2 Å². The molecule has 1 saturated heterocycles. The average molecular weight is 434 g/mol. The monoisotopic (exact) mass is 434 g/mol. The van der Waals surface area contributed by atoms with Gasteiger partial charge in [-0.25, -0.2) is 9.59 Å². The van der Waals surface area contributed by atoms with Crippen molar-refractivity contribution in [2.75, 3.05) is 18.0 Å². The SMILES string of the molecule is CC(C)OC(=O)CCNC(=O)N[C@H]1CCN(c2ccc(C(N)=NOC(N)=O)cc2)C1=O. The number of carbonyl (C=O) groups excluding carboxylic acids is 4. The van der Waals surface area contributed by atoms with E-state index in [2.05, 4.69) is 20.6 Å². The highest BCUT2D eigenvalue weighted by atomic mass is 16.7. The van der Waals surface area contributed by atoms with Crippen molar-refractivity contribution in [1.82, 2.24) is 10.6 Å². The molecule has 0 aromatic heterocycles. The molecule has 0 spiro atoms. The van der Waals surface area contributed by atoms with Gasteiger partial charge in [-0.2, -0.15) is 0 Å². The maximum Gasteiger partial charge on any atom is 0.430 e. The summed E-state index contributed by atoms with van der Waals surface area (Å²) in [6.45, 7) is 4.00. The van der Waals surface area contributed by atoms with E-state index in [1.165, 1.54) is 4.90 Å². The molecule has 1 aliphatic heterocycles. The number of anilines is 1. The van der Waals surface area contributed by atoms with E-state index in [1.807, 2.05) is 0 Å². The molecule has 1 fully saturated rings. The van der Waals surface area contributed by atoms with E-state index >= 15 is 0 Å². The zero-order valence-electron chi connectivity index (χ0n) is 17.3. The van der Waals surface area contributed by atoms with Gasteiger partial charge in [-0.15, -0.1) is 0 Å². The van der Waals surface area contributed by atoms with E-state index in [0.29, 0.717) is 24.2 Å². The van der Waals surface area contributed by atoms with Gasteiger partial charge in [-0.1, -0.05) is 5.16 Å². The Morgan fingerprint density at radius 1 is 1.23 bits per heavy atom. The fraction of sp³-hybridized carbons (Fsp3) is 0.421. The number of amides is 4. The van der Waals surface area contributed by atoms with Crippen LogP contribution in [0.1, 0.15) is 32.3 Å². The van der Waals surface area contributed by atoms with E-state index in [-0.39, 0.29) is 30.8 Å². The van der Waals surface area contributed by atoms with Crippen LogP contribution in [0.3, 0.4) is 0 Å². The molecule has 12 heteroatoms. The number of nitrogens with two attached hydrogens (primary N) is 2. The van der Waals surface area contributed by atoms with E-state index in [9.17, 15) is 19.2 Å². The number of carbonyl (C=O) groups is 4. The van der Waals surface area contributed by atoms with Gasteiger partial charge >= 0.3 is 18.1 Å². The number of ether oxygens (including phenoxy) is 1. The fourth-order valence-electron chi connectivity index (χ4n) is 2.84. The number of oxime groups is 1. The first-order valence-electron chi connectivity index (χ1n) is 9.63. The van der Waals surface area contributed by atoms with Crippen LogP contribution in [0.25, 0.3) is 0 Å². The summed E-state index contributed by atoms with van der Waals surface area (Å²) in [4.78, 5) is 52.5. The highest BCUT2D eigenvalue weighted by Crippen LogP contribution is 2.22. The first-order chi connectivity index (χ1) is 14.7. The molecule has 1 aliphatic rings. The highest BCUT2D eigenvalue weighted by molar-refractivity contribution is 6.02. The molecule has 6 N–H and O–H groups in total. The first kappa shape index (κ1) is 23.4. The largest absolute Gasteiger partial charge is 0.463 e. The third-order valence-corrected chi connectivity index (χ3v) is 4.20. The second-order valence-corrected chi connectivity index (χ2v) is 6.95. The van der Waals surface area contributed by atoms with Crippen molar-refractivity contribution in [1.29, 1.82) is 0 Å². The van der Waals surface area contributed by atoms with Gasteiger partial charge < -0.3 is 31.7 Å². The Kier molecular flexibility index (Phi) is 8.17. The molecule has 0 aliphatic carbocycles. The zero-order chi connectivity index (χ0) is 23.0. The third kappa shape index (κ3) is 7.17. The van der Waals surface area contributed by atoms with Gasteiger partial charge in [0.2, 0.25) is 5.91 Å². The summed E-state index contributed by atoms with van der Waals surface area (Å²) >= 11 is 0. The number of esters is 1. The predicted octanol–water partition coefficient (Wildman–Crippen LogP) is 0.148. The smallest absolute Gasteiger partial charge is 0.430 e. The van der Waals surface area contributed by atoms with Gasteiger partial charge in [-0.3, -0.25) is 14.4 Å². The molecule has 1 atom stereocenters. The van der Waals surface area contributed by atoms with Crippen molar-refractivity contribution in [2.45, 2.75) is 38.8 Å². The Balaban J connectivity index is 1.85. The standard InChI is InChI=1S/C19H26N6O6/c1-11(2)30-15(26)7-9-22-19(29)23-14-8-10-25(17(14)27)13-5-3-12(4-6-13)16(20)24-31-18(21)28/h3-6,11,14H,7-10H2,1-2H3,(H2,20,24)(H2,21,28)(H2,22,23,29)/t14-/m0/s1. The van der Waals surface area contributed by atoms with Crippen LogP contribution >= 0.6 is 0 Å². The van der Waals surface area contributed by atoms with E-state index < -0.39 is 24.1 Å². The molecule has 1 aromatic rings. The number of benzene rings is 1. The van der Waals surface area contributed by atoms with Crippen molar-refractivity contribution < 1.29 is 28.8 Å². The van der Waals surface area contributed by atoms with Crippen molar-refractivity contribution in [3.05, 3.63) is 29.8 Å². The minimum absolute atomic E-state index is 0.0413. The minimum atomic E-state index is -1.08. The summed E-state index contributed by atoms with van der Waals surface area (Å²) in [7, 11) is 0. The second kappa shape index (κ2) is 10.8. The first-order valence-corrected chi connectivity index (χ1v) is 9.63. The molecule has 0 bridgehead atoms. The maximum atomic E-state index is 12.6. The number of rotatable bonds is 8. The lowest BCUT2D eigenvalue weighted by molar-refractivity contribution is -0.147. The van der Waals surface area contributed by atoms with Gasteiger partial charge in [-0.05, 0) is 44.5 Å². The van der Waals surface area contributed by atoms with Crippen LogP contribution in [0, 0.1) is 0 Å². The summed E-state index contributed by atoms with van der Waals surface area (Å²) in [5.74, 6) is -0.721. The molecule has 0 unspecified atom stereocenters. The van der Waals surface area contributed by atoms with Crippen LogP contribution in [0.4, 0.5) is 15.3 Å². The number of hydrogen-bond donors (Lipinski definition) is 4. The van der Waals surface area contributed by atoms with E-state index in [4.69, 9.17) is 16.2 Å². The summed E-state index contributed by atoms with van der Waals surface area (Å²) in [5, 5.41) is 8.53. The molecule has 0 radical (unpaired) electrons. The Hall–Kier alpha value is -3.83. The van der Waals surface area contributed by atoms with Crippen molar-refractivity contribution in [3.63, 3.8) is 0 Å². The summed E-state index contributed by atoms with van der Waals surface area (Å²) < 4.78 is 4.98. The van der Waals surface area contributed by atoms with Crippen molar-refractivity contribution >= 4 is 35.5 Å². The van der Waals surface area contributed by atoms with Gasteiger partial charge in [0.25, 0.3) is 0 Å². The van der Waals surface area contributed by atoms with Gasteiger partial charge in [0.1, 0.15) is 6.04 Å². The Morgan fingerprint density at radius 3 is 2.52 bits per heavy atom. The summed E-state index contributed by atoms with van der Waals surface area (Å²) in [6, 6.07) is 5.31. The molecule has 168 valence electrons. The molecule has 0 saturated carbocycles. The highest BCUT2D eigenvalue weighted by Gasteiger charge is 2.33. The van der Waals surface area contributed by atoms with Crippen LogP contribution < -0.4 is 27.0 Å². The topological polar surface area (TPSA) is 178 Å². The molecule has 31 heavy (non-hydrogen) atoms. The molecule has 2 rings (SSSR count). The molecule has 1 aromatic carbocycles. The quantitative estimate of drug-likeness (QED) is 0.148. The molecular weight excluding hydrogens is 408 g/mol. The Labute approximate surface area is 178 Å². The predicted molar refractivity (Wildman–Crippen MR) is 111 cm³/mol. The Morgan fingerprint density at radius 2 is 1.90 bits per heavy atom. The van der Waals surface area contributed by atoms with E-state index in [1.54, 1.807) is 38.1 Å². The number of primary amides is 1. The average Bonchev–Trinajstić information content (AvgIpc) is 3.05. The molecule has 1 heterocycles. The zero-order valence-corrected chi connectivity index (χ0v) is 17.3. The van der Waals surface area contributed by atoms with Crippen LogP contribution in [0.15, 0.2) is 29.4 Å². The van der Waals surface area contributed by atoms with Crippen LogP contribution in [0.2, 0.25) is 0 Å². The number of amidine groups is 1. The maximum absolute atomic E-state index is 12.6. The number of nitrogens with one attached hydrogen (secondary N) is 2. The Bertz CT molecular complexity index is 854. The number of hydrogen-bond acceptors (Lipinski definition) is 7. The lowest BCUT2D eigenvalue weighted by Crippen LogP contribution is -2.46. The van der Waals surface area contributed by atoms with Gasteiger partial charge in [0.15, 0.2) is 5.84 Å². The minimum Gasteiger partial charge on any atom is -0.463 e. The molecular formula is C19H26N6O6. The number of urea groups is 1. The summed E-state index contributed by atoms with van der Waals surface area (Å²) in [5.41, 5.74) is 11.6. The van der Waals surface area contributed by atoms with Crippen molar-refractivity contribution in [2.24, 2.45) is 16.6 Å². The molecule has 12 nitrogen and oxygen atoms in total. The van der Waals surface area contributed by atoms with Crippen molar-refractivity contribution in [3.8, 4) is 0 Å². The van der Waals surface area contributed by atoms with Gasteiger partial charge in [0, 0.05) is 24.3 Å². The molecule has 4 amide bonds. The van der Waals surface area contributed by atoms with Gasteiger partial charge in [0.05, 0.1) is 12.5 Å². The second-order valence-electron chi connectivity index (χ2n) is 6.95. The summed E-state index contributed by atoms with van der Waals surface area (Å²) in [6.07, 6.45) is -0.830. The van der Waals surface area contributed by atoms with Crippen LogP contribution in [0.5, 0.6) is 0 Å². The van der Waals surface area contributed by atoms with E-state index in [0.717, 1.165) is 0 Å². The van der Waals surface area contributed by atoms with Crippen LogP contribution in [-0.4, -0.2) is 55.1 Å². The normalized spacial score (nSPS) is 16.2.